The van der Waals surface area contributed by atoms with Crippen LogP contribution in [0.1, 0.15) is 29.5 Å². The Morgan fingerprint density at radius 1 is 1.03 bits per heavy atom. The minimum Gasteiger partial charge on any atom is -0.369 e. The number of benzene rings is 2. The molecule has 0 bridgehead atoms. The average Bonchev–Trinajstić information content (AvgIpc) is 2.73. The molecule has 6 nitrogen and oxygen atoms in total. The van der Waals surface area contributed by atoms with E-state index in [0.29, 0.717) is 19.5 Å². The van der Waals surface area contributed by atoms with Gasteiger partial charge < -0.3 is 16.8 Å². The number of carbonyl (C=O) groups is 2. The second-order valence-corrected chi connectivity index (χ2v) is 7.81. The number of hydrogen-bond donors (Lipinski definition) is 3. The van der Waals surface area contributed by atoms with Gasteiger partial charge in [-0.2, -0.15) is 0 Å². The second-order valence-electron chi connectivity index (χ2n) is 7.81. The van der Waals surface area contributed by atoms with Crippen molar-refractivity contribution in [3.05, 3.63) is 71.3 Å². The van der Waals surface area contributed by atoms with Gasteiger partial charge in [0.25, 0.3) is 0 Å². The number of rotatable bonds is 8. The van der Waals surface area contributed by atoms with Gasteiger partial charge in [0, 0.05) is 19.6 Å². The molecule has 1 saturated heterocycles. The van der Waals surface area contributed by atoms with Gasteiger partial charge in [0.15, 0.2) is 0 Å². The zero-order chi connectivity index (χ0) is 20.6. The Hall–Kier alpha value is -2.12. The number of halogens is 2. The van der Waals surface area contributed by atoms with Gasteiger partial charge in [0.1, 0.15) is 0 Å². The highest BCUT2D eigenvalue weighted by molar-refractivity contribution is 5.85. The van der Waals surface area contributed by atoms with Crippen molar-refractivity contribution in [2.45, 2.75) is 38.4 Å². The van der Waals surface area contributed by atoms with Gasteiger partial charge in [-0.15, -0.1) is 24.8 Å². The first-order valence-electron chi connectivity index (χ1n) is 10.2. The molecule has 170 valence electrons. The molecule has 2 unspecified atom stereocenters. The molecule has 8 heteroatoms. The van der Waals surface area contributed by atoms with Gasteiger partial charge in [-0.05, 0) is 42.5 Å². The third-order valence-electron chi connectivity index (χ3n) is 5.41. The van der Waals surface area contributed by atoms with Crippen LogP contribution in [0, 0.1) is 5.92 Å². The van der Waals surface area contributed by atoms with E-state index in [0.717, 1.165) is 42.6 Å². The molecule has 2 amide bonds. The van der Waals surface area contributed by atoms with E-state index in [4.69, 9.17) is 11.5 Å². The molecular weight excluding hydrogens is 435 g/mol. The summed E-state index contributed by atoms with van der Waals surface area (Å²) in [7, 11) is 0. The molecule has 1 heterocycles. The molecular formula is C23H32Cl2N4O2. The van der Waals surface area contributed by atoms with Gasteiger partial charge in [-0.3, -0.25) is 14.5 Å². The van der Waals surface area contributed by atoms with Crippen LogP contribution in [0.4, 0.5) is 0 Å². The Labute approximate surface area is 196 Å². The lowest BCUT2D eigenvalue weighted by Crippen LogP contribution is -2.41. The van der Waals surface area contributed by atoms with Crippen molar-refractivity contribution in [3.63, 3.8) is 0 Å². The fourth-order valence-electron chi connectivity index (χ4n) is 3.81. The van der Waals surface area contributed by atoms with Gasteiger partial charge in [-0.1, -0.05) is 54.6 Å². The lowest BCUT2D eigenvalue weighted by Gasteiger charge is -2.31. The van der Waals surface area contributed by atoms with Crippen molar-refractivity contribution >= 4 is 36.6 Å². The van der Waals surface area contributed by atoms with Crippen molar-refractivity contribution in [3.8, 4) is 0 Å². The first-order chi connectivity index (χ1) is 14.0. The third kappa shape index (κ3) is 8.50. The van der Waals surface area contributed by atoms with Gasteiger partial charge in [0.05, 0.1) is 12.0 Å². The van der Waals surface area contributed by atoms with E-state index in [1.807, 2.05) is 42.5 Å². The van der Waals surface area contributed by atoms with Crippen LogP contribution in [-0.2, 0) is 29.1 Å². The number of nitrogens with one attached hydrogen (secondary N) is 1. The maximum atomic E-state index is 12.3. The van der Waals surface area contributed by atoms with Crippen LogP contribution in [-0.4, -0.2) is 35.8 Å². The molecule has 2 atom stereocenters. The predicted molar refractivity (Wildman–Crippen MR) is 128 cm³/mol. The quantitative estimate of drug-likeness (QED) is 0.555. The zero-order valence-corrected chi connectivity index (χ0v) is 19.2. The Bertz CT molecular complexity index is 835. The summed E-state index contributed by atoms with van der Waals surface area (Å²) in [4.78, 5) is 26.1. The monoisotopic (exact) mass is 466 g/mol. The molecule has 31 heavy (non-hydrogen) atoms. The second kappa shape index (κ2) is 13.3. The van der Waals surface area contributed by atoms with Gasteiger partial charge in [0.2, 0.25) is 11.8 Å². The van der Waals surface area contributed by atoms with Crippen LogP contribution in [0.2, 0.25) is 0 Å². The number of hydrogen-bond acceptors (Lipinski definition) is 4. The molecule has 2 aromatic rings. The van der Waals surface area contributed by atoms with E-state index < -0.39 is 6.04 Å². The molecule has 0 saturated carbocycles. The number of piperidine rings is 1. The summed E-state index contributed by atoms with van der Waals surface area (Å²) >= 11 is 0. The smallest absolute Gasteiger partial charge is 0.237 e. The highest BCUT2D eigenvalue weighted by Crippen LogP contribution is 2.18. The summed E-state index contributed by atoms with van der Waals surface area (Å²) in [6.45, 7) is 2.90. The summed E-state index contributed by atoms with van der Waals surface area (Å²) in [5.74, 6) is -0.421. The number of carbonyl (C=O) groups excluding carboxylic acids is 2. The van der Waals surface area contributed by atoms with E-state index >= 15 is 0 Å². The van der Waals surface area contributed by atoms with Crippen molar-refractivity contribution in [2.24, 2.45) is 17.4 Å². The number of amides is 2. The molecule has 0 aromatic heterocycles. The normalized spacial score (nSPS) is 17.0. The maximum Gasteiger partial charge on any atom is 0.237 e. The lowest BCUT2D eigenvalue weighted by atomic mass is 9.97. The summed E-state index contributed by atoms with van der Waals surface area (Å²) in [5, 5.41) is 2.93. The maximum absolute atomic E-state index is 12.3. The fourth-order valence-corrected chi connectivity index (χ4v) is 3.81. The SMILES string of the molecule is Cl.Cl.NC(=O)C1CCCN(Cc2cccc(CNC(=O)C(N)Cc3ccccc3)c2)C1. The first-order valence-corrected chi connectivity index (χ1v) is 10.2. The summed E-state index contributed by atoms with van der Waals surface area (Å²) in [5.41, 5.74) is 14.8. The van der Waals surface area contributed by atoms with Crippen molar-refractivity contribution in [1.82, 2.24) is 10.2 Å². The van der Waals surface area contributed by atoms with Crippen molar-refractivity contribution in [2.75, 3.05) is 13.1 Å². The molecule has 0 aliphatic carbocycles. The average molecular weight is 467 g/mol. The number of nitrogens with two attached hydrogens (primary N) is 2. The highest BCUT2D eigenvalue weighted by atomic mass is 35.5. The Kier molecular flexibility index (Phi) is 11.6. The van der Waals surface area contributed by atoms with E-state index in [-0.39, 0.29) is 42.5 Å². The topological polar surface area (TPSA) is 101 Å². The van der Waals surface area contributed by atoms with E-state index in [1.165, 1.54) is 0 Å². The lowest BCUT2D eigenvalue weighted by molar-refractivity contribution is -0.123. The van der Waals surface area contributed by atoms with E-state index in [9.17, 15) is 9.59 Å². The minimum absolute atomic E-state index is 0. The highest BCUT2D eigenvalue weighted by Gasteiger charge is 2.23. The third-order valence-corrected chi connectivity index (χ3v) is 5.41. The van der Waals surface area contributed by atoms with Crippen LogP contribution in [0.3, 0.4) is 0 Å². The Morgan fingerprint density at radius 2 is 1.71 bits per heavy atom. The molecule has 1 fully saturated rings. The van der Waals surface area contributed by atoms with Crippen LogP contribution >= 0.6 is 24.8 Å². The van der Waals surface area contributed by atoms with E-state index in [2.05, 4.69) is 22.3 Å². The standard InChI is InChI=1S/C23H30N4O2.2ClH/c24-21(13-17-6-2-1-3-7-17)23(29)26-14-18-8-4-9-19(12-18)15-27-11-5-10-20(16-27)22(25)28;;/h1-4,6-9,12,20-21H,5,10-11,13-16,24H2,(H2,25,28)(H,26,29);2*1H. The Morgan fingerprint density at radius 3 is 2.42 bits per heavy atom. The molecule has 3 rings (SSSR count). The summed E-state index contributed by atoms with van der Waals surface area (Å²) in [6.07, 6.45) is 2.38. The fraction of sp³-hybridized carbons (Fsp3) is 0.391. The van der Waals surface area contributed by atoms with Crippen LogP contribution in [0.15, 0.2) is 54.6 Å². The zero-order valence-electron chi connectivity index (χ0n) is 17.5. The molecule has 2 aromatic carbocycles. The van der Waals surface area contributed by atoms with Gasteiger partial charge >= 0.3 is 0 Å². The Balaban J connectivity index is 0.00000240. The summed E-state index contributed by atoms with van der Waals surface area (Å²) < 4.78 is 0. The summed E-state index contributed by atoms with van der Waals surface area (Å²) in [6, 6.07) is 17.4. The number of nitrogens with zero attached hydrogens (tertiary/aromatic N) is 1. The van der Waals surface area contributed by atoms with E-state index in [1.54, 1.807) is 0 Å². The number of likely N-dealkylation sites (tertiary alicyclic amines) is 1. The van der Waals surface area contributed by atoms with Crippen LogP contribution in [0.5, 0.6) is 0 Å². The van der Waals surface area contributed by atoms with Crippen molar-refractivity contribution in [1.29, 1.82) is 0 Å². The van der Waals surface area contributed by atoms with Gasteiger partial charge in [-0.25, -0.2) is 0 Å². The van der Waals surface area contributed by atoms with Crippen molar-refractivity contribution < 1.29 is 9.59 Å². The minimum atomic E-state index is -0.570. The van der Waals surface area contributed by atoms with Crippen LogP contribution in [0.25, 0.3) is 0 Å². The molecule has 5 N–H and O–H groups in total. The number of primary amides is 1. The molecule has 1 aliphatic rings. The predicted octanol–water partition coefficient (Wildman–Crippen LogP) is 2.41. The largest absolute Gasteiger partial charge is 0.369 e. The molecule has 0 radical (unpaired) electrons. The van der Waals surface area contributed by atoms with Crippen LogP contribution < -0.4 is 16.8 Å². The molecule has 1 aliphatic heterocycles. The molecule has 0 spiro atoms. The first kappa shape index (κ1) is 26.9.